The lowest BCUT2D eigenvalue weighted by Gasteiger charge is -2.11. The summed E-state index contributed by atoms with van der Waals surface area (Å²) in [5.74, 6) is 0. The van der Waals surface area contributed by atoms with E-state index in [1.54, 1.807) is 0 Å². The standard InChI is InChI=1S/C14H15BrN2O/c15-14-8-4-7-12(17-14)9-16-10-13(18)11-5-2-1-3-6-11/h1-8,13,16,18H,9-10H2. The summed E-state index contributed by atoms with van der Waals surface area (Å²) in [5.41, 5.74) is 1.87. The van der Waals surface area contributed by atoms with Crippen molar-refractivity contribution >= 4 is 15.9 Å². The molecule has 2 N–H and O–H groups in total. The normalized spacial score (nSPS) is 12.3. The predicted molar refractivity (Wildman–Crippen MR) is 75.0 cm³/mol. The minimum absolute atomic E-state index is 0.488. The third kappa shape index (κ3) is 3.91. The van der Waals surface area contributed by atoms with Crippen molar-refractivity contribution in [2.45, 2.75) is 12.6 Å². The Morgan fingerprint density at radius 2 is 1.89 bits per heavy atom. The number of hydrogen-bond acceptors (Lipinski definition) is 3. The van der Waals surface area contributed by atoms with Crippen LogP contribution in [0.4, 0.5) is 0 Å². The van der Waals surface area contributed by atoms with Crippen LogP contribution in [0.15, 0.2) is 53.1 Å². The Bertz CT molecular complexity index is 490. The van der Waals surface area contributed by atoms with Gasteiger partial charge in [0, 0.05) is 13.1 Å². The highest BCUT2D eigenvalue weighted by atomic mass is 79.9. The summed E-state index contributed by atoms with van der Waals surface area (Å²) in [7, 11) is 0. The molecule has 1 unspecified atom stereocenters. The van der Waals surface area contributed by atoms with Gasteiger partial charge in [0.15, 0.2) is 0 Å². The zero-order valence-electron chi connectivity index (χ0n) is 9.88. The fraction of sp³-hybridized carbons (Fsp3) is 0.214. The number of benzene rings is 1. The average molecular weight is 307 g/mol. The number of nitrogens with zero attached hydrogens (tertiary/aromatic N) is 1. The van der Waals surface area contributed by atoms with Crippen LogP contribution in [-0.2, 0) is 6.54 Å². The van der Waals surface area contributed by atoms with E-state index in [0.29, 0.717) is 13.1 Å². The Morgan fingerprint density at radius 3 is 2.61 bits per heavy atom. The summed E-state index contributed by atoms with van der Waals surface area (Å²) in [4.78, 5) is 4.32. The summed E-state index contributed by atoms with van der Waals surface area (Å²) in [6, 6.07) is 15.4. The molecule has 94 valence electrons. The van der Waals surface area contributed by atoms with Crippen LogP contribution in [0.25, 0.3) is 0 Å². The van der Waals surface area contributed by atoms with Gasteiger partial charge in [-0.15, -0.1) is 0 Å². The van der Waals surface area contributed by atoms with Crippen molar-refractivity contribution in [2.75, 3.05) is 6.54 Å². The van der Waals surface area contributed by atoms with Gasteiger partial charge in [-0.25, -0.2) is 4.98 Å². The van der Waals surface area contributed by atoms with E-state index in [2.05, 4.69) is 26.2 Å². The molecule has 3 nitrogen and oxygen atoms in total. The predicted octanol–water partition coefficient (Wildman–Crippen LogP) is 2.67. The van der Waals surface area contributed by atoms with Crippen LogP contribution in [-0.4, -0.2) is 16.6 Å². The van der Waals surface area contributed by atoms with Crippen LogP contribution in [0.1, 0.15) is 17.4 Å². The van der Waals surface area contributed by atoms with Gasteiger partial charge >= 0.3 is 0 Å². The molecule has 0 radical (unpaired) electrons. The fourth-order valence-corrected chi connectivity index (χ4v) is 2.06. The summed E-state index contributed by atoms with van der Waals surface area (Å²) in [5, 5.41) is 13.2. The SMILES string of the molecule is OC(CNCc1cccc(Br)n1)c1ccccc1. The topological polar surface area (TPSA) is 45.1 Å². The third-order valence-electron chi connectivity index (χ3n) is 2.60. The molecular formula is C14H15BrN2O. The minimum Gasteiger partial charge on any atom is -0.387 e. The Balaban J connectivity index is 1.82. The minimum atomic E-state index is -0.488. The third-order valence-corrected chi connectivity index (χ3v) is 3.04. The van der Waals surface area contributed by atoms with Crippen molar-refractivity contribution in [3.63, 3.8) is 0 Å². The smallest absolute Gasteiger partial charge is 0.106 e. The summed E-state index contributed by atoms with van der Waals surface area (Å²) >= 11 is 3.33. The number of hydrogen-bond donors (Lipinski definition) is 2. The Kier molecular flexibility index (Phi) is 4.87. The Hall–Kier alpha value is -1.23. The first-order chi connectivity index (χ1) is 8.75. The van der Waals surface area contributed by atoms with Crippen LogP contribution in [0.3, 0.4) is 0 Å². The van der Waals surface area contributed by atoms with Crippen molar-refractivity contribution < 1.29 is 5.11 Å². The second-order valence-electron chi connectivity index (χ2n) is 4.01. The molecule has 0 saturated carbocycles. The molecule has 1 aromatic heterocycles. The molecule has 1 aromatic carbocycles. The summed E-state index contributed by atoms with van der Waals surface area (Å²) in [6.07, 6.45) is -0.488. The molecule has 2 rings (SSSR count). The molecular weight excluding hydrogens is 292 g/mol. The van der Waals surface area contributed by atoms with Crippen LogP contribution in [0.2, 0.25) is 0 Å². The second kappa shape index (κ2) is 6.64. The zero-order valence-corrected chi connectivity index (χ0v) is 11.5. The van der Waals surface area contributed by atoms with Crippen molar-refractivity contribution in [3.8, 4) is 0 Å². The molecule has 4 heteroatoms. The number of aromatic nitrogens is 1. The molecule has 0 saturated heterocycles. The first-order valence-corrected chi connectivity index (χ1v) is 6.60. The molecule has 18 heavy (non-hydrogen) atoms. The lowest BCUT2D eigenvalue weighted by atomic mass is 10.1. The van der Waals surface area contributed by atoms with Crippen molar-refractivity contribution in [1.82, 2.24) is 10.3 Å². The van der Waals surface area contributed by atoms with Gasteiger partial charge in [0.25, 0.3) is 0 Å². The lowest BCUT2D eigenvalue weighted by Crippen LogP contribution is -2.21. The average Bonchev–Trinajstić information content (AvgIpc) is 2.40. The highest BCUT2D eigenvalue weighted by molar-refractivity contribution is 9.10. The second-order valence-corrected chi connectivity index (χ2v) is 4.82. The maximum absolute atomic E-state index is 9.96. The van der Waals surface area contributed by atoms with E-state index >= 15 is 0 Å². The lowest BCUT2D eigenvalue weighted by molar-refractivity contribution is 0.174. The van der Waals surface area contributed by atoms with E-state index < -0.39 is 6.10 Å². The van der Waals surface area contributed by atoms with Crippen LogP contribution in [0, 0.1) is 0 Å². The number of pyridine rings is 1. The maximum Gasteiger partial charge on any atom is 0.106 e. The van der Waals surface area contributed by atoms with Gasteiger partial charge in [0.1, 0.15) is 4.60 Å². The molecule has 1 atom stereocenters. The van der Waals surface area contributed by atoms with Gasteiger partial charge in [-0.2, -0.15) is 0 Å². The summed E-state index contributed by atoms with van der Waals surface area (Å²) < 4.78 is 0.824. The van der Waals surface area contributed by atoms with Crippen LogP contribution < -0.4 is 5.32 Å². The molecule has 1 heterocycles. The number of aliphatic hydroxyl groups excluding tert-OH is 1. The van der Waals surface area contributed by atoms with E-state index in [-0.39, 0.29) is 0 Å². The Morgan fingerprint density at radius 1 is 1.11 bits per heavy atom. The van der Waals surface area contributed by atoms with Gasteiger partial charge in [0.05, 0.1) is 11.8 Å². The largest absolute Gasteiger partial charge is 0.387 e. The highest BCUT2D eigenvalue weighted by Gasteiger charge is 2.05. The number of halogens is 1. The maximum atomic E-state index is 9.96. The van der Waals surface area contributed by atoms with Crippen molar-refractivity contribution in [3.05, 3.63) is 64.4 Å². The van der Waals surface area contributed by atoms with E-state index in [4.69, 9.17) is 0 Å². The number of rotatable bonds is 5. The van der Waals surface area contributed by atoms with Gasteiger partial charge < -0.3 is 10.4 Å². The molecule has 0 aliphatic heterocycles. The first kappa shape index (κ1) is 13.2. The highest BCUT2D eigenvalue weighted by Crippen LogP contribution is 2.11. The van der Waals surface area contributed by atoms with Gasteiger partial charge in [-0.1, -0.05) is 36.4 Å². The van der Waals surface area contributed by atoms with Crippen LogP contribution in [0.5, 0.6) is 0 Å². The number of nitrogens with one attached hydrogen (secondary N) is 1. The number of aliphatic hydroxyl groups is 1. The van der Waals surface area contributed by atoms with Gasteiger partial charge in [-0.3, -0.25) is 0 Å². The van der Waals surface area contributed by atoms with Gasteiger partial charge in [0.2, 0.25) is 0 Å². The van der Waals surface area contributed by atoms with E-state index in [1.807, 2.05) is 48.5 Å². The molecule has 0 spiro atoms. The van der Waals surface area contributed by atoms with Gasteiger partial charge in [-0.05, 0) is 33.6 Å². The van der Waals surface area contributed by atoms with Crippen LogP contribution >= 0.6 is 15.9 Å². The first-order valence-electron chi connectivity index (χ1n) is 5.81. The monoisotopic (exact) mass is 306 g/mol. The van der Waals surface area contributed by atoms with E-state index in [1.165, 1.54) is 0 Å². The van der Waals surface area contributed by atoms with E-state index in [9.17, 15) is 5.11 Å². The van der Waals surface area contributed by atoms with Crippen molar-refractivity contribution in [2.24, 2.45) is 0 Å². The van der Waals surface area contributed by atoms with E-state index in [0.717, 1.165) is 15.9 Å². The molecule has 0 amide bonds. The molecule has 0 aliphatic carbocycles. The fourth-order valence-electron chi connectivity index (χ4n) is 1.68. The molecule has 0 fully saturated rings. The molecule has 2 aromatic rings. The summed E-state index contributed by atoms with van der Waals surface area (Å²) in [6.45, 7) is 1.15. The molecule has 0 bridgehead atoms. The zero-order chi connectivity index (χ0) is 12.8. The molecule has 0 aliphatic rings. The van der Waals surface area contributed by atoms with Crippen molar-refractivity contribution in [1.29, 1.82) is 0 Å². The Labute approximate surface area is 115 Å². The quantitative estimate of drug-likeness (QED) is 0.835.